The largest absolute Gasteiger partial charge is 0.456 e. The van der Waals surface area contributed by atoms with Crippen LogP contribution in [0.5, 0.6) is 0 Å². The second-order valence-corrected chi connectivity index (χ2v) is 28.5. The molecule has 0 saturated carbocycles. The molecule has 0 unspecified atom stereocenters. The van der Waals surface area contributed by atoms with Crippen LogP contribution < -0.4 is 20.6 Å². The van der Waals surface area contributed by atoms with Gasteiger partial charge in [0.15, 0.2) is 0 Å². The molecule has 0 atom stereocenters. The minimum Gasteiger partial charge on any atom is -0.456 e. The first-order chi connectivity index (χ1) is 34.8. The zero-order valence-corrected chi connectivity index (χ0v) is 47.0. The smallest absolute Gasteiger partial charge is 0.333 e. The molecule has 0 radical (unpaired) electrons. The summed E-state index contributed by atoms with van der Waals surface area (Å²) in [4.78, 5) is 5.60. The van der Waals surface area contributed by atoms with Crippen molar-refractivity contribution in [2.45, 2.75) is 180 Å². The highest BCUT2D eigenvalue weighted by atomic mass is 16.3. The topological polar surface area (TPSA) is 19.6 Å². The van der Waals surface area contributed by atoms with Crippen LogP contribution in [0.3, 0.4) is 0 Å². The van der Waals surface area contributed by atoms with Crippen molar-refractivity contribution < 1.29 is 4.42 Å². The molecule has 6 aliphatic rings. The number of hydrogen-bond donors (Lipinski definition) is 0. The third kappa shape index (κ3) is 6.03. The molecule has 1 aromatic heterocycles. The normalized spacial score (nSPS) is 21.0. The molecule has 8 aromatic rings. The van der Waals surface area contributed by atoms with Gasteiger partial charge in [-0.2, -0.15) is 0 Å². The van der Waals surface area contributed by atoms with Crippen LogP contribution in [0.25, 0.3) is 44.2 Å². The van der Waals surface area contributed by atoms with Crippen LogP contribution in [0.15, 0.2) is 114 Å². The number of nitrogens with zero attached hydrogens (tertiary/aromatic N) is 2. The molecule has 14 rings (SSSR count). The highest BCUT2D eigenvalue weighted by Gasteiger charge is 2.52. The molecular formula is C70H75BN2O. The third-order valence-corrected chi connectivity index (χ3v) is 20.8. The minimum absolute atomic E-state index is 0.00954. The van der Waals surface area contributed by atoms with Crippen molar-refractivity contribution in [3.05, 3.63) is 159 Å². The van der Waals surface area contributed by atoms with E-state index in [9.17, 15) is 0 Å². The Kier molecular flexibility index (Phi) is 9.10. The monoisotopic (exact) mass is 971 g/mol. The Morgan fingerprint density at radius 1 is 0.432 bits per heavy atom. The number of para-hydroxylation sites is 1. The van der Waals surface area contributed by atoms with Crippen molar-refractivity contribution in [2.24, 2.45) is 0 Å². The first-order valence-corrected chi connectivity index (χ1v) is 28.2. The molecular weight excluding hydrogens is 896 g/mol. The van der Waals surface area contributed by atoms with Gasteiger partial charge >= 0.3 is 6.85 Å². The highest BCUT2D eigenvalue weighted by Crippen LogP contribution is 2.60. The van der Waals surface area contributed by atoms with E-state index in [-0.39, 0.29) is 44.8 Å². The van der Waals surface area contributed by atoms with Crippen LogP contribution in [0.4, 0.5) is 28.4 Å². The molecule has 3 nitrogen and oxygen atoms in total. The average Bonchev–Trinajstić information content (AvgIpc) is 3.90. The van der Waals surface area contributed by atoms with Gasteiger partial charge in [0.25, 0.3) is 0 Å². The Balaban J connectivity index is 1.19. The van der Waals surface area contributed by atoms with Gasteiger partial charge in [0, 0.05) is 56.1 Å². The van der Waals surface area contributed by atoms with E-state index < -0.39 is 0 Å². The van der Waals surface area contributed by atoms with E-state index in [1.54, 1.807) is 0 Å². The maximum absolute atomic E-state index is 7.23. The van der Waals surface area contributed by atoms with Crippen molar-refractivity contribution in [1.82, 2.24) is 0 Å². The van der Waals surface area contributed by atoms with Gasteiger partial charge in [0.2, 0.25) is 0 Å². The summed E-state index contributed by atoms with van der Waals surface area (Å²) in [6.45, 7) is 36.9. The summed E-state index contributed by atoms with van der Waals surface area (Å²) in [5.41, 5.74) is 29.5. The molecule has 0 bridgehead atoms. The molecule has 74 heavy (non-hydrogen) atoms. The van der Waals surface area contributed by atoms with Crippen LogP contribution in [0.2, 0.25) is 0 Å². The summed E-state index contributed by atoms with van der Waals surface area (Å²) in [5, 5.41) is 2.41. The lowest BCUT2D eigenvalue weighted by Gasteiger charge is -2.49. The second-order valence-electron chi connectivity index (χ2n) is 28.5. The van der Waals surface area contributed by atoms with Crippen LogP contribution in [-0.2, 0) is 37.9 Å². The molecule has 0 fully saturated rings. The lowest BCUT2D eigenvalue weighted by atomic mass is 9.42. The fourth-order valence-corrected chi connectivity index (χ4v) is 15.8. The molecule has 2 aliphatic heterocycles. The Bertz CT molecular complexity index is 3810. The maximum atomic E-state index is 7.23. The fourth-order valence-electron chi connectivity index (χ4n) is 15.8. The minimum atomic E-state index is -0.190. The number of benzene rings is 7. The number of rotatable bonds is 2. The Hall–Kier alpha value is -6.00. The van der Waals surface area contributed by atoms with Gasteiger partial charge in [-0.25, -0.2) is 0 Å². The van der Waals surface area contributed by atoms with Gasteiger partial charge in [0.1, 0.15) is 11.2 Å². The Morgan fingerprint density at radius 3 is 1.64 bits per heavy atom. The number of hydrogen-bond acceptors (Lipinski definition) is 3. The molecule has 4 heteroatoms. The standard InChI is InChI=1S/C70H75BN2O/c1-40-34-48-51(68(10,11)32-30-65(48,4)5)37-54(40)72-56-39-58-60(43-21-17-19-23-57(43)74-58)61-44-36-50-52(69(12,13)33-31-67(50,8)9)38-55(44)73(41-24-25-46-49(35-41)66(6,7)29-28-64(46,2)3)71(62(56)61)53-27-26-47-59(63(53)72)42-20-16-18-22-45(42)70(47,14)15/h16-27,34-39H,28-33H2,1-15H3. The van der Waals surface area contributed by atoms with Crippen molar-refractivity contribution in [2.75, 3.05) is 9.71 Å². The summed E-state index contributed by atoms with van der Waals surface area (Å²) < 4.78 is 7.23. The van der Waals surface area contributed by atoms with Crippen LogP contribution in [-0.4, -0.2) is 6.85 Å². The van der Waals surface area contributed by atoms with Gasteiger partial charge < -0.3 is 14.1 Å². The highest BCUT2D eigenvalue weighted by molar-refractivity contribution is 6.94. The van der Waals surface area contributed by atoms with Crippen molar-refractivity contribution >= 4 is 68.1 Å². The van der Waals surface area contributed by atoms with E-state index >= 15 is 0 Å². The van der Waals surface area contributed by atoms with Crippen molar-refractivity contribution in [3.63, 3.8) is 0 Å². The fraction of sp³-hybridized carbons (Fsp3) is 0.400. The molecule has 0 saturated heterocycles. The lowest BCUT2D eigenvalue weighted by molar-refractivity contribution is 0.332. The quantitative estimate of drug-likeness (QED) is 0.161. The number of fused-ring (bicyclic) bond motifs is 15. The first kappa shape index (κ1) is 46.5. The lowest BCUT2D eigenvalue weighted by Crippen LogP contribution is -2.62. The summed E-state index contributed by atoms with van der Waals surface area (Å²) in [7, 11) is 0. The number of furan rings is 1. The van der Waals surface area contributed by atoms with E-state index in [1.807, 2.05) is 0 Å². The van der Waals surface area contributed by atoms with E-state index in [0.717, 1.165) is 30.4 Å². The Labute approximate surface area is 441 Å². The van der Waals surface area contributed by atoms with Gasteiger partial charge in [-0.1, -0.05) is 164 Å². The van der Waals surface area contributed by atoms with Crippen LogP contribution in [0, 0.1) is 6.92 Å². The Morgan fingerprint density at radius 2 is 0.973 bits per heavy atom. The first-order valence-electron chi connectivity index (χ1n) is 28.2. The number of anilines is 5. The van der Waals surface area contributed by atoms with Gasteiger partial charge in [-0.05, 0) is 186 Å². The van der Waals surface area contributed by atoms with Gasteiger partial charge in [0.05, 0.1) is 5.69 Å². The summed E-state index contributed by atoms with van der Waals surface area (Å²) in [6.07, 6.45) is 7.00. The molecule has 4 aliphatic carbocycles. The SMILES string of the molecule is Cc1cc2c(cc1N1c3cc4oc5ccccc5c4c4c3B(c3ccc5c(c31)-c1ccccc1C5(C)C)N(c1ccc3c(c1)C(C)(C)CCC3(C)C)c1cc3c(cc1-4)C(C)(C)CCC3(C)C)C(C)(C)CCC2(C)C. The van der Waals surface area contributed by atoms with Crippen molar-refractivity contribution in [3.8, 4) is 22.3 Å². The molecule has 0 N–H and O–H groups in total. The maximum Gasteiger partial charge on any atom is 0.333 e. The predicted molar refractivity (Wildman–Crippen MR) is 316 cm³/mol. The molecule has 3 heterocycles. The summed E-state index contributed by atoms with van der Waals surface area (Å²) >= 11 is 0. The van der Waals surface area contributed by atoms with Gasteiger partial charge in [-0.15, -0.1) is 0 Å². The summed E-state index contributed by atoms with van der Waals surface area (Å²) in [6, 6.07) is 43.9. The van der Waals surface area contributed by atoms with E-state index in [2.05, 4.69) is 223 Å². The number of aryl methyl sites for hydroxylation is 1. The molecule has 0 amide bonds. The molecule has 374 valence electrons. The van der Waals surface area contributed by atoms with Crippen LogP contribution in [0.1, 0.15) is 186 Å². The summed E-state index contributed by atoms with van der Waals surface area (Å²) in [5.74, 6) is 0. The van der Waals surface area contributed by atoms with Crippen molar-refractivity contribution in [1.29, 1.82) is 0 Å². The van der Waals surface area contributed by atoms with E-state index in [0.29, 0.717) is 0 Å². The molecule has 0 spiro atoms. The van der Waals surface area contributed by atoms with E-state index in [1.165, 1.54) is 142 Å². The zero-order valence-electron chi connectivity index (χ0n) is 47.0. The third-order valence-electron chi connectivity index (χ3n) is 20.8. The molecule has 7 aromatic carbocycles. The van der Waals surface area contributed by atoms with Gasteiger partial charge in [-0.3, -0.25) is 0 Å². The second kappa shape index (κ2) is 14.5. The van der Waals surface area contributed by atoms with Crippen LogP contribution >= 0.6 is 0 Å². The average molecular weight is 971 g/mol. The predicted octanol–water partition coefficient (Wildman–Crippen LogP) is 18.0. The van der Waals surface area contributed by atoms with E-state index in [4.69, 9.17) is 4.42 Å². The zero-order chi connectivity index (χ0) is 51.8.